The van der Waals surface area contributed by atoms with E-state index >= 15 is 0 Å². The number of hydrogen-bond acceptors (Lipinski definition) is 6. The first-order valence-corrected chi connectivity index (χ1v) is 9.13. The zero-order valence-corrected chi connectivity index (χ0v) is 15.3. The van der Waals surface area contributed by atoms with Crippen molar-refractivity contribution in [2.45, 2.75) is 25.6 Å². The number of alkyl halides is 3. The molecule has 152 valence electrons. The van der Waals surface area contributed by atoms with Crippen molar-refractivity contribution in [1.82, 2.24) is 30.1 Å². The Labute approximate surface area is 163 Å². The molecule has 1 aliphatic rings. The predicted octanol–water partition coefficient (Wildman–Crippen LogP) is 2.07. The van der Waals surface area contributed by atoms with E-state index in [9.17, 15) is 18.0 Å². The van der Waals surface area contributed by atoms with E-state index < -0.39 is 12.0 Å². The lowest BCUT2D eigenvalue weighted by Gasteiger charge is -2.32. The highest BCUT2D eigenvalue weighted by Gasteiger charge is 2.38. The largest absolute Gasteiger partial charge is 0.453 e. The van der Waals surface area contributed by atoms with Gasteiger partial charge in [-0.2, -0.15) is 17.7 Å². The number of nitrogens with one attached hydrogen (secondary N) is 1. The zero-order chi connectivity index (χ0) is 20.4. The molecule has 3 aromatic heterocycles. The lowest BCUT2D eigenvalue weighted by Crippen LogP contribution is -2.43. The number of anilines is 1. The molecule has 11 heteroatoms. The van der Waals surface area contributed by atoms with Gasteiger partial charge >= 0.3 is 6.18 Å². The van der Waals surface area contributed by atoms with Crippen LogP contribution in [0.15, 0.2) is 36.7 Å². The third-order valence-corrected chi connectivity index (χ3v) is 4.81. The molecule has 1 amide bonds. The summed E-state index contributed by atoms with van der Waals surface area (Å²) in [5, 5.41) is 13.7. The van der Waals surface area contributed by atoms with Gasteiger partial charge in [-0.05, 0) is 36.6 Å². The molecule has 0 radical (unpaired) electrons. The molecule has 0 aromatic carbocycles. The van der Waals surface area contributed by atoms with Crippen molar-refractivity contribution < 1.29 is 18.0 Å². The van der Waals surface area contributed by atoms with Crippen LogP contribution in [-0.2, 0) is 17.5 Å². The summed E-state index contributed by atoms with van der Waals surface area (Å²) in [5.74, 6) is -1.19. The SMILES string of the molecule is O=C(NCc1cccnc1)[C@@H]1CCCN(c2ccc3nnc(C(F)(F)F)n3n2)C1. The Bertz CT molecular complexity index is 1010. The highest BCUT2D eigenvalue weighted by Crippen LogP contribution is 2.28. The van der Waals surface area contributed by atoms with Crippen molar-refractivity contribution in [3.63, 3.8) is 0 Å². The average molecular weight is 405 g/mol. The minimum absolute atomic E-state index is 0.0175. The molecule has 8 nitrogen and oxygen atoms in total. The van der Waals surface area contributed by atoms with Gasteiger partial charge in [-0.3, -0.25) is 9.78 Å². The molecular formula is C18H18F3N7O. The average Bonchev–Trinajstić information content (AvgIpc) is 3.16. The van der Waals surface area contributed by atoms with Gasteiger partial charge in [0.05, 0.1) is 5.92 Å². The number of halogens is 3. The first kappa shape index (κ1) is 19.1. The van der Waals surface area contributed by atoms with E-state index in [1.807, 2.05) is 11.0 Å². The summed E-state index contributed by atoms with van der Waals surface area (Å²) in [4.78, 5) is 18.4. The molecule has 3 aromatic rings. The zero-order valence-electron chi connectivity index (χ0n) is 15.3. The Balaban J connectivity index is 1.47. The van der Waals surface area contributed by atoms with Gasteiger partial charge < -0.3 is 10.2 Å². The number of nitrogens with zero attached hydrogens (tertiary/aromatic N) is 6. The maximum absolute atomic E-state index is 13.1. The second-order valence-electron chi connectivity index (χ2n) is 6.85. The van der Waals surface area contributed by atoms with Gasteiger partial charge in [-0.15, -0.1) is 15.3 Å². The van der Waals surface area contributed by atoms with Crippen LogP contribution in [0.3, 0.4) is 0 Å². The minimum Gasteiger partial charge on any atom is -0.354 e. The number of piperidine rings is 1. The van der Waals surface area contributed by atoms with Crippen LogP contribution in [0.5, 0.6) is 0 Å². The van der Waals surface area contributed by atoms with Crippen LogP contribution in [0.2, 0.25) is 0 Å². The fraction of sp³-hybridized carbons (Fsp3) is 0.389. The standard InChI is InChI=1S/C18H18F3N7O/c19-18(20,21)17-25-24-14-5-6-15(26-28(14)17)27-8-2-4-13(11-27)16(29)23-10-12-3-1-7-22-9-12/h1,3,5-7,9,13H,2,4,8,10-11H2,(H,23,29)/t13-/m1/s1. The van der Waals surface area contributed by atoms with Gasteiger partial charge in [0.25, 0.3) is 5.82 Å². The van der Waals surface area contributed by atoms with Gasteiger partial charge in [-0.25, -0.2) is 0 Å². The van der Waals surface area contributed by atoms with Gasteiger partial charge in [0.1, 0.15) is 5.82 Å². The normalized spacial score (nSPS) is 17.5. The maximum Gasteiger partial charge on any atom is 0.453 e. The molecule has 1 aliphatic heterocycles. The van der Waals surface area contributed by atoms with Crippen molar-refractivity contribution in [1.29, 1.82) is 0 Å². The molecule has 0 saturated carbocycles. The molecular weight excluding hydrogens is 387 g/mol. The minimum atomic E-state index is -4.65. The predicted molar refractivity (Wildman–Crippen MR) is 96.8 cm³/mol. The fourth-order valence-electron chi connectivity index (χ4n) is 3.36. The Morgan fingerprint density at radius 2 is 2.10 bits per heavy atom. The molecule has 0 bridgehead atoms. The topological polar surface area (TPSA) is 88.3 Å². The van der Waals surface area contributed by atoms with E-state index in [1.165, 1.54) is 6.07 Å². The first-order chi connectivity index (χ1) is 13.9. The van der Waals surface area contributed by atoms with Gasteiger partial charge in [0.2, 0.25) is 5.91 Å². The second-order valence-corrected chi connectivity index (χ2v) is 6.85. The molecule has 1 atom stereocenters. The van der Waals surface area contributed by atoms with Gasteiger partial charge in [0, 0.05) is 32.0 Å². The summed E-state index contributed by atoms with van der Waals surface area (Å²) in [7, 11) is 0. The van der Waals surface area contributed by atoms with Crippen LogP contribution in [0.25, 0.3) is 5.65 Å². The molecule has 0 aliphatic carbocycles. The smallest absolute Gasteiger partial charge is 0.354 e. The lowest BCUT2D eigenvalue weighted by molar-refractivity contribution is -0.146. The summed E-state index contributed by atoms with van der Waals surface area (Å²) in [5.41, 5.74) is 0.914. The molecule has 0 spiro atoms. The third-order valence-electron chi connectivity index (χ3n) is 4.81. The van der Waals surface area contributed by atoms with E-state index in [4.69, 9.17) is 0 Å². The summed E-state index contributed by atoms with van der Waals surface area (Å²) >= 11 is 0. The van der Waals surface area contributed by atoms with E-state index in [1.54, 1.807) is 24.5 Å². The second kappa shape index (κ2) is 7.64. The van der Waals surface area contributed by atoms with Crippen molar-refractivity contribution >= 4 is 17.4 Å². The summed E-state index contributed by atoms with van der Waals surface area (Å²) < 4.78 is 39.9. The molecule has 1 saturated heterocycles. The Hall–Kier alpha value is -3.24. The number of hydrogen-bond donors (Lipinski definition) is 1. The van der Waals surface area contributed by atoms with Crippen molar-refractivity contribution in [3.8, 4) is 0 Å². The fourth-order valence-corrected chi connectivity index (χ4v) is 3.36. The van der Waals surface area contributed by atoms with E-state index in [0.717, 1.165) is 12.0 Å². The van der Waals surface area contributed by atoms with Crippen LogP contribution in [0.1, 0.15) is 24.2 Å². The number of carbonyl (C=O) groups is 1. The number of rotatable bonds is 4. The number of carbonyl (C=O) groups excluding carboxylic acids is 1. The van der Waals surface area contributed by atoms with Crippen molar-refractivity contribution in [2.75, 3.05) is 18.0 Å². The van der Waals surface area contributed by atoms with Gasteiger partial charge in [0.15, 0.2) is 5.65 Å². The summed E-state index contributed by atoms with van der Waals surface area (Å²) in [6.07, 6.45) is 0.136. The van der Waals surface area contributed by atoms with Crippen molar-refractivity contribution in [3.05, 3.63) is 48.0 Å². The number of pyridine rings is 1. The summed E-state index contributed by atoms with van der Waals surface area (Å²) in [6.45, 7) is 1.36. The lowest BCUT2D eigenvalue weighted by atomic mass is 9.97. The van der Waals surface area contributed by atoms with Crippen LogP contribution in [-0.4, -0.2) is 43.8 Å². The van der Waals surface area contributed by atoms with Crippen LogP contribution in [0.4, 0.5) is 19.0 Å². The number of amides is 1. The Morgan fingerprint density at radius 3 is 2.86 bits per heavy atom. The van der Waals surface area contributed by atoms with E-state index in [0.29, 0.717) is 36.4 Å². The van der Waals surface area contributed by atoms with Crippen LogP contribution >= 0.6 is 0 Å². The molecule has 4 heterocycles. The van der Waals surface area contributed by atoms with Gasteiger partial charge in [-0.1, -0.05) is 6.07 Å². The summed E-state index contributed by atoms with van der Waals surface area (Å²) in [6, 6.07) is 6.71. The highest BCUT2D eigenvalue weighted by atomic mass is 19.4. The molecule has 1 fully saturated rings. The Morgan fingerprint density at radius 1 is 1.24 bits per heavy atom. The maximum atomic E-state index is 13.1. The van der Waals surface area contributed by atoms with Crippen LogP contribution in [0, 0.1) is 5.92 Å². The first-order valence-electron chi connectivity index (χ1n) is 9.13. The Kier molecular flexibility index (Phi) is 5.03. The van der Waals surface area contributed by atoms with E-state index in [2.05, 4.69) is 25.6 Å². The molecule has 29 heavy (non-hydrogen) atoms. The number of aromatic nitrogens is 5. The highest BCUT2D eigenvalue weighted by molar-refractivity contribution is 5.79. The molecule has 1 N–H and O–H groups in total. The molecule has 4 rings (SSSR count). The third kappa shape index (κ3) is 4.13. The van der Waals surface area contributed by atoms with Crippen LogP contribution < -0.4 is 10.2 Å². The van der Waals surface area contributed by atoms with Crippen molar-refractivity contribution in [2.24, 2.45) is 5.92 Å². The quantitative estimate of drug-likeness (QED) is 0.715. The molecule has 0 unspecified atom stereocenters. The number of fused-ring (bicyclic) bond motifs is 1. The monoisotopic (exact) mass is 405 g/mol. The van der Waals surface area contributed by atoms with E-state index in [-0.39, 0.29) is 17.5 Å².